The van der Waals surface area contributed by atoms with Gasteiger partial charge in [-0.25, -0.2) is 0 Å². The summed E-state index contributed by atoms with van der Waals surface area (Å²) in [7, 11) is -1.02. The van der Waals surface area contributed by atoms with E-state index < -0.39 is 7.92 Å². The van der Waals surface area contributed by atoms with Crippen molar-refractivity contribution in [3.05, 3.63) is 175 Å². The molecular formula is C46H39N2O2P. The Labute approximate surface area is 300 Å². The van der Waals surface area contributed by atoms with Crippen LogP contribution in [0.3, 0.4) is 0 Å². The number of hydrogen-bond acceptors (Lipinski definition) is 2. The molecule has 1 aliphatic carbocycles. The van der Waals surface area contributed by atoms with Gasteiger partial charge in [-0.3, -0.25) is 9.59 Å². The molecule has 1 aliphatic rings. The molecule has 2 atom stereocenters. The second kappa shape index (κ2) is 14.7. The molecule has 0 aliphatic heterocycles. The van der Waals surface area contributed by atoms with Gasteiger partial charge in [-0.2, -0.15) is 0 Å². The molecule has 0 spiro atoms. The summed E-state index contributed by atoms with van der Waals surface area (Å²) in [6, 6.07) is 55.3. The molecule has 8 rings (SSSR count). The molecule has 7 aromatic rings. The van der Waals surface area contributed by atoms with Gasteiger partial charge in [0.2, 0.25) is 0 Å². The van der Waals surface area contributed by atoms with Crippen molar-refractivity contribution < 1.29 is 9.59 Å². The van der Waals surface area contributed by atoms with Crippen molar-refractivity contribution in [3.8, 4) is 11.1 Å². The summed E-state index contributed by atoms with van der Waals surface area (Å²) < 4.78 is 0. The molecule has 250 valence electrons. The van der Waals surface area contributed by atoms with Crippen LogP contribution in [0.25, 0.3) is 32.7 Å². The van der Waals surface area contributed by atoms with Crippen LogP contribution in [0.1, 0.15) is 46.4 Å². The lowest BCUT2D eigenvalue weighted by Crippen LogP contribution is -2.53. The monoisotopic (exact) mass is 682 g/mol. The fourth-order valence-corrected chi connectivity index (χ4v) is 10.1. The van der Waals surface area contributed by atoms with Crippen molar-refractivity contribution in [1.29, 1.82) is 0 Å². The average Bonchev–Trinajstić information content (AvgIpc) is 3.19. The van der Waals surface area contributed by atoms with Crippen LogP contribution < -0.4 is 26.5 Å². The number of rotatable bonds is 8. The highest BCUT2D eigenvalue weighted by Gasteiger charge is 2.32. The van der Waals surface area contributed by atoms with Crippen molar-refractivity contribution in [3.63, 3.8) is 0 Å². The molecule has 1 fully saturated rings. The van der Waals surface area contributed by atoms with Crippen LogP contribution in [-0.2, 0) is 0 Å². The standard InChI is InChI=1S/C46H39N2O2P/c49-45(43-37-24-12-10-18-33(37)28-30-39(43)32-16-4-1-5-17-32)47-40-26-14-15-27-41(40)48-46(50)44-38-25-13-11-19-34(38)29-31-42(44)51(35-20-6-2-7-21-35)36-22-8-3-9-23-36/h1-13,16-25,28-31,40-41H,14-15,26-27H2,(H,47,49)(H,48,50). The Morgan fingerprint density at radius 1 is 0.471 bits per heavy atom. The first-order valence-corrected chi connectivity index (χ1v) is 19.1. The molecule has 1 saturated carbocycles. The molecule has 0 heterocycles. The molecule has 2 N–H and O–H groups in total. The Balaban J connectivity index is 1.16. The summed E-state index contributed by atoms with van der Waals surface area (Å²) in [6.07, 6.45) is 3.57. The van der Waals surface area contributed by atoms with E-state index in [2.05, 4.69) is 89.5 Å². The SMILES string of the molecule is O=C(NC1CCCCC1NC(=O)c1c(P(c2ccccc2)c2ccccc2)ccc2ccccc12)c1c(-c2ccccc2)ccc2ccccc12. The van der Waals surface area contributed by atoms with E-state index in [1.54, 1.807) is 0 Å². The van der Waals surface area contributed by atoms with Gasteiger partial charge in [0.1, 0.15) is 0 Å². The number of hydrogen-bond donors (Lipinski definition) is 2. The lowest BCUT2D eigenvalue weighted by molar-refractivity contribution is 0.0865. The maximum absolute atomic E-state index is 14.8. The van der Waals surface area contributed by atoms with Gasteiger partial charge in [0.25, 0.3) is 11.8 Å². The zero-order valence-electron chi connectivity index (χ0n) is 28.3. The van der Waals surface area contributed by atoms with Crippen molar-refractivity contribution in [1.82, 2.24) is 10.6 Å². The molecule has 51 heavy (non-hydrogen) atoms. The Hall–Kier alpha value is -5.57. The van der Waals surface area contributed by atoms with Crippen LogP contribution in [0.5, 0.6) is 0 Å². The van der Waals surface area contributed by atoms with E-state index in [0.29, 0.717) is 11.1 Å². The zero-order chi connectivity index (χ0) is 34.6. The van der Waals surface area contributed by atoms with E-state index in [1.165, 1.54) is 10.6 Å². The molecule has 5 heteroatoms. The number of carbonyl (C=O) groups is 2. The van der Waals surface area contributed by atoms with Crippen LogP contribution in [-0.4, -0.2) is 23.9 Å². The van der Waals surface area contributed by atoms with Gasteiger partial charge in [-0.05, 0) is 69.3 Å². The first-order chi connectivity index (χ1) is 25.2. The molecule has 0 bridgehead atoms. The normalized spacial score (nSPS) is 15.9. The third-order valence-corrected chi connectivity index (χ3v) is 12.5. The minimum Gasteiger partial charge on any atom is -0.347 e. The van der Waals surface area contributed by atoms with Gasteiger partial charge in [0, 0.05) is 12.1 Å². The molecule has 2 unspecified atom stereocenters. The highest BCUT2D eigenvalue weighted by Crippen LogP contribution is 2.37. The van der Waals surface area contributed by atoms with Crippen LogP contribution >= 0.6 is 7.92 Å². The van der Waals surface area contributed by atoms with Crippen LogP contribution in [0.2, 0.25) is 0 Å². The quantitative estimate of drug-likeness (QED) is 0.157. The average molecular weight is 683 g/mol. The van der Waals surface area contributed by atoms with Crippen molar-refractivity contribution in [2.45, 2.75) is 37.8 Å². The summed E-state index contributed by atoms with van der Waals surface area (Å²) in [5.74, 6) is -0.207. The van der Waals surface area contributed by atoms with Crippen molar-refractivity contribution >= 4 is 57.2 Å². The predicted molar refractivity (Wildman–Crippen MR) is 213 cm³/mol. The summed E-state index contributed by atoms with van der Waals surface area (Å²) >= 11 is 0. The largest absolute Gasteiger partial charge is 0.347 e. The Kier molecular flexibility index (Phi) is 9.42. The maximum Gasteiger partial charge on any atom is 0.252 e. The molecule has 7 aromatic carbocycles. The van der Waals surface area contributed by atoms with Gasteiger partial charge in [-0.15, -0.1) is 0 Å². The van der Waals surface area contributed by atoms with Crippen LogP contribution in [0.4, 0.5) is 0 Å². The minimum absolute atomic E-state index is 0.0950. The predicted octanol–water partition coefficient (Wildman–Crippen LogP) is 8.89. The number of nitrogens with one attached hydrogen (secondary N) is 2. The van der Waals surface area contributed by atoms with Gasteiger partial charge < -0.3 is 10.6 Å². The number of fused-ring (bicyclic) bond motifs is 2. The molecule has 0 radical (unpaired) electrons. The molecule has 0 aromatic heterocycles. The van der Waals surface area contributed by atoms with Crippen molar-refractivity contribution in [2.75, 3.05) is 0 Å². The van der Waals surface area contributed by atoms with Gasteiger partial charge in [-0.1, -0.05) is 177 Å². The highest BCUT2D eigenvalue weighted by atomic mass is 31.1. The summed E-state index contributed by atoms with van der Waals surface area (Å²) in [6.45, 7) is 0. The topological polar surface area (TPSA) is 58.2 Å². The third-order valence-electron chi connectivity index (χ3n) is 10.0. The fraction of sp³-hybridized carbons (Fsp3) is 0.130. The molecule has 0 saturated heterocycles. The lowest BCUT2D eigenvalue weighted by Gasteiger charge is -2.34. The second-order valence-corrected chi connectivity index (χ2v) is 15.4. The van der Waals surface area contributed by atoms with E-state index in [9.17, 15) is 9.59 Å². The van der Waals surface area contributed by atoms with E-state index in [4.69, 9.17) is 0 Å². The first kappa shape index (κ1) is 32.6. The number of benzene rings is 7. The van der Waals surface area contributed by atoms with E-state index in [1.807, 2.05) is 84.9 Å². The summed E-state index contributed by atoms with van der Waals surface area (Å²) in [5, 5.41) is 14.2. The third kappa shape index (κ3) is 6.68. The molecular weight excluding hydrogens is 643 g/mol. The zero-order valence-corrected chi connectivity index (χ0v) is 29.2. The second-order valence-electron chi connectivity index (χ2n) is 13.2. The van der Waals surface area contributed by atoms with E-state index >= 15 is 0 Å². The number of amides is 2. The Morgan fingerprint density at radius 2 is 0.922 bits per heavy atom. The fourth-order valence-electron chi connectivity index (χ4n) is 7.60. The van der Waals surface area contributed by atoms with E-state index in [-0.39, 0.29) is 23.9 Å². The number of carbonyl (C=O) groups excluding carboxylic acids is 2. The van der Waals surface area contributed by atoms with Crippen LogP contribution in [0.15, 0.2) is 164 Å². The minimum atomic E-state index is -1.02. The Bertz CT molecular complexity index is 2290. The smallest absolute Gasteiger partial charge is 0.252 e. The van der Waals surface area contributed by atoms with Gasteiger partial charge >= 0.3 is 0 Å². The van der Waals surface area contributed by atoms with Crippen molar-refractivity contribution in [2.24, 2.45) is 0 Å². The lowest BCUT2D eigenvalue weighted by atomic mass is 9.88. The molecule has 2 amide bonds. The summed E-state index contributed by atoms with van der Waals surface area (Å²) in [5.41, 5.74) is 3.28. The van der Waals surface area contributed by atoms with Gasteiger partial charge in [0.15, 0.2) is 0 Å². The summed E-state index contributed by atoms with van der Waals surface area (Å²) in [4.78, 5) is 29.2. The van der Waals surface area contributed by atoms with Crippen LogP contribution in [0, 0.1) is 0 Å². The van der Waals surface area contributed by atoms with E-state index in [0.717, 1.165) is 63.7 Å². The highest BCUT2D eigenvalue weighted by molar-refractivity contribution is 7.80. The maximum atomic E-state index is 14.8. The Morgan fingerprint density at radius 3 is 1.49 bits per heavy atom. The van der Waals surface area contributed by atoms with Gasteiger partial charge in [0.05, 0.1) is 11.1 Å². The first-order valence-electron chi connectivity index (χ1n) is 17.8. The molecule has 4 nitrogen and oxygen atoms in total.